The van der Waals surface area contributed by atoms with Gasteiger partial charge in [0, 0.05) is 25.3 Å². The molecular weight excluding hydrogens is 253 g/mol. The monoisotopic (exact) mass is 275 g/mol. The highest BCUT2D eigenvalue weighted by Crippen LogP contribution is 2.22. The first kappa shape index (κ1) is 14.7. The van der Waals surface area contributed by atoms with E-state index in [4.69, 9.17) is 0 Å². The molecule has 3 nitrogen and oxygen atoms in total. The molecule has 1 atom stereocenters. The average molecular weight is 275 g/mol. The van der Waals surface area contributed by atoms with E-state index in [0.29, 0.717) is 5.92 Å². The summed E-state index contributed by atoms with van der Waals surface area (Å²) in [6.45, 7) is 8.11. The van der Waals surface area contributed by atoms with Crippen LogP contribution in [0, 0.1) is 11.7 Å². The highest BCUT2D eigenvalue weighted by Gasteiger charge is 2.15. The van der Waals surface area contributed by atoms with Crippen LogP contribution in [-0.2, 0) is 13.1 Å². The summed E-state index contributed by atoms with van der Waals surface area (Å²) in [5.41, 5.74) is 2.28. The minimum atomic E-state index is -0.194. The molecule has 108 valence electrons. The molecule has 1 N–H and O–H groups in total. The zero-order valence-electron chi connectivity index (χ0n) is 12.3. The lowest BCUT2D eigenvalue weighted by atomic mass is 9.96. The number of nitrogens with zero attached hydrogens (tertiary/aromatic N) is 2. The van der Waals surface area contributed by atoms with E-state index in [2.05, 4.69) is 35.6 Å². The SMILES string of the molecule is CCn1cncc1CNC(c1ccc(F)cc1)C(C)C. The molecule has 1 aromatic carbocycles. The summed E-state index contributed by atoms with van der Waals surface area (Å²) in [7, 11) is 0. The molecule has 0 saturated heterocycles. The van der Waals surface area contributed by atoms with Crippen molar-refractivity contribution < 1.29 is 4.39 Å². The van der Waals surface area contributed by atoms with Crippen LogP contribution in [0.15, 0.2) is 36.8 Å². The van der Waals surface area contributed by atoms with Gasteiger partial charge in [-0.25, -0.2) is 9.37 Å². The number of nitrogens with one attached hydrogen (secondary N) is 1. The molecule has 0 radical (unpaired) electrons. The Morgan fingerprint density at radius 3 is 2.55 bits per heavy atom. The quantitative estimate of drug-likeness (QED) is 0.874. The second-order valence-electron chi connectivity index (χ2n) is 5.33. The number of aryl methyl sites for hydroxylation is 1. The predicted octanol–water partition coefficient (Wildman–Crippen LogP) is 3.53. The van der Waals surface area contributed by atoms with Gasteiger partial charge in [-0.2, -0.15) is 0 Å². The molecule has 1 aromatic heterocycles. The van der Waals surface area contributed by atoms with Crippen LogP contribution in [0.3, 0.4) is 0 Å². The maximum absolute atomic E-state index is 13.0. The number of aromatic nitrogens is 2. The number of halogens is 1. The first-order valence-corrected chi connectivity index (χ1v) is 7.09. The van der Waals surface area contributed by atoms with Crippen molar-refractivity contribution in [3.8, 4) is 0 Å². The number of rotatable bonds is 6. The van der Waals surface area contributed by atoms with Gasteiger partial charge in [0.25, 0.3) is 0 Å². The number of benzene rings is 1. The Labute approximate surface area is 119 Å². The highest BCUT2D eigenvalue weighted by atomic mass is 19.1. The topological polar surface area (TPSA) is 29.9 Å². The van der Waals surface area contributed by atoms with Crippen LogP contribution < -0.4 is 5.32 Å². The molecule has 1 unspecified atom stereocenters. The van der Waals surface area contributed by atoms with Gasteiger partial charge in [0.05, 0.1) is 12.0 Å². The fraction of sp³-hybridized carbons (Fsp3) is 0.438. The van der Waals surface area contributed by atoms with E-state index in [9.17, 15) is 4.39 Å². The number of hydrogen-bond donors (Lipinski definition) is 1. The minimum absolute atomic E-state index is 0.194. The van der Waals surface area contributed by atoms with Crippen LogP contribution in [0.4, 0.5) is 4.39 Å². The van der Waals surface area contributed by atoms with Gasteiger partial charge in [0.15, 0.2) is 0 Å². The van der Waals surface area contributed by atoms with Crippen LogP contribution in [0.25, 0.3) is 0 Å². The van der Waals surface area contributed by atoms with Crippen molar-refractivity contribution in [2.75, 3.05) is 0 Å². The summed E-state index contributed by atoms with van der Waals surface area (Å²) in [6, 6.07) is 6.94. The van der Waals surface area contributed by atoms with Crippen molar-refractivity contribution in [1.82, 2.24) is 14.9 Å². The molecule has 1 heterocycles. The lowest BCUT2D eigenvalue weighted by Gasteiger charge is -2.23. The first-order valence-electron chi connectivity index (χ1n) is 7.09. The standard InChI is InChI=1S/C16H22FN3/c1-4-20-11-18-9-15(20)10-19-16(12(2)3)13-5-7-14(17)8-6-13/h5-9,11-12,16,19H,4,10H2,1-3H3. The second kappa shape index (κ2) is 6.66. The van der Waals surface area contributed by atoms with E-state index in [-0.39, 0.29) is 11.9 Å². The van der Waals surface area contributed by atoms with Crippen molar-refractivity contribution in [3.05, 3.63) is 53.9 Å². The van der Waals surface area contributed by atoms with Gasteiger partial charge in [-0.1, -0.05) is 26.0 Å². The molecule has 0 fully saturated rings. The molecule has 0 aliphatic rings. The van der Waals surface area contributed by atoms with E-state index in [1.165, 1.54) is 17.8 Å². The Morgan fingerprint density at radius 2 is 1.95 bits per heavy atom. The summed E-state index contributed by atoms with van der Waals surface area (Å²) >= 11 is 0. The summed E-state index contributed by atoms with van der Waals surface area (Å²) < 4.78 is 15.1. The Kier molecular flexibility index (Phi) is 4.90. The Bertz CT molecular complexity index is 531. The van der Waals surface area contributed by atoms with Gasteiger partial charge in [-0.3, -0.25) is 0 Å². The third-order valence-corrected chi connectivity index (χ3v) is 3.54. The number of hydrogen-bond acceptors (Lipinski definition) is 2. The fourth-order valence-corrected chi connectivity index (χ4v) is 2.40. The zero-order chi connectivity index (χ0) is 14.5. The predicted molar refractivity (Wildman–Crippen MR) is 78.7 cm³/mol. The van der Waals surface area contributed by atoms with Crippen molar-refractivity contribution in [3.63, 3.8) is 0 Å². The molecule has 0 bridgehead atoms. The van der Waals surface area contributed by atoms with Crippen molar-refractivity contribution in [2.24, 2.45) is 5.92 Å². The summed E-state index contributed by atoms with van der Waals surface area (Å²) in [5, 5.41) is 3.55. The van der Waals surface area contributed by atoms with Gasteiger partial charge in [-0.05, 0) is 30.5 Å². The molecule has 20 heavy (non-hydrogen) atoms. The van der Waals surface area contributed by atoms with E-state index in [1.807, 2.05) is 24.7 Å². The van der Waals surface area contributed by atoms with Crippen LogP contribution in [0.2, 0.25) is 0 Å². The Balaban J connectivity index is 2.08. The molecule has 2 aromatic rings. The molecule has 0 amide bonds. The van der Waals surface area contributed by atoms with Crippen molar-refractivity contribution >= 4 is 0 Å². The van der Waals surface area contributed by atoms with E-state index >= 15 is 0 Å². The van der Waals surface area contributed by atoms with Crippen molar-refractivity contribution in [2.45, 2.75) is 39.9 Å². The summed E-state index contributed by atoms with van der Waals surface area (Å²) in [5.74, 6) is 0.235. The lowest BCUT2D eigenvalue weighted by molar-refractivity contribution is 0.404. The maximum atomic E-state index is 13.0. The minimum Gasteiger partial charge on any atom is -0.334 e. The maximum Gasteiger partial charge on any atom is 0.123 e. The van der Waals surface area contributed by atoms with Gasteiger partial charge >= 0.3 is 0 Å². The van der Waals surface area contributed by atoms with E-state index in [0.717, 1.165) is 18.7 Å². The molecule has 0 saturated carbocycles. The molecular formula is C16H22FN3. The van der Waals surface area contributed by atoms with E-state index in [1.54, 1.807) is 0 Å². The Morgan fingerprint density at radius 1 is 1.25 bits per heavy atom. The average Bonchev–Trinajstić information content (AvgIpc) is 2.88. The normalized spacial score (nSPS) is 12.8. The molecule has 0 aliphatic carbocycles. The Hall–Kier alpha value is -1.68. The molecule has 2 rings (SSSR count). The largest absolute Gasteiger partial charge is 0.334 e. The summed E-state index contributed by atoms with van der Waals surface area (Å²) in [6.07, 6.45) is 3.73. The highest BCUT2D eigenvalue weighted by molar-refractivity contribution is 5.20. The van der Waals surface area contributed by atoms with Crippen LogP contribution in [-0.4, -0.2) is 9.55 Å². The fourth-order valence-electron chi connectivity index (χ4n) is 2.40. The molecule has 0 aliphatic heterocycles. The number of imidazole rings is 1. The van der Waals surface area contributed by atoms with Crippen molar-refractivity contribution in [1.29, 1.82) is 0 Å². The summed E-state index contributed by atoms with van der Waals surface area (Å²) in [4.78, 5) is 4.17. The van der Waals surface area contributed by atoms with Crippen LogP contribution >= 0.6 is 0 Å². The molecule has 4 heteroatoms. The lowest BCUT2D eigenvalue weighted by Crippen LogP contribution is -2.26. The van der Waals surface area contributed by atoms with E-state index < -0.39 is 0 Å². The third kappa shape index (κ3) is 3.45. The zero-order valence-corrected chi connectivity index (χ0v) is 12.3. The van der Waals surface area contributed by atoms with Gasteiger partial charge < -0.3 is 9.88 Å². The third-order valence-electron chi connectivity index (χ3n) is 3.54. The van der Waals surface area contributed by atoms with Gasteiger partial charge in [0.1, 0.15) is 5.82 Å². The van der Waals surface area contributed by atoms with Gasteiger partial charge in [0.2, 0.25) is 0 Å². The first-order chi connectivity index (χ1) is 9.61. The van der Waals surface area contributed by atoms with Crippen LogP contribution in [0.1, 0.15) is 38.1 Å². The van der Waals surface area contributed by atoms with Gasteiger partial charge in [-0.15, -0.1) is 0 Å². The smallest absolute Gasteiger partial charge is 0.123 e. The second-order valence-corrected chi connectivity index (χ2v) is 5.33. The molecule has 0 spiro atoms. The van der Waals surface area contributed by atoms with Crippen LogP contribution in [0.5, 0.6) is 0 Å².